The number of carbonyl (C=O) groups is 2. The lowest BCUT2D eigenvalue weighted by molar-refractivity contribution is -0.116. The SMILES string of the molecule is COC(=O)c1c(NC(=O)CCc2ccc(OC)cc2)sc2c1CCCCCC2. The Morgan fingerprint density at radius 1 is 1.04 bits per heavy atom. The van der Waals surface area contributed by atoms with Gasteiger partial charge in [-0.25, -0.2) is 4.79 Å². The Bertz CT molecular complexity index is 826. The van der Waals surface area contributed by atoms with Crippen molar-refractivity contribution in [3.63, 3.8) is 0 Å². The van der Waals surface area contributed by atoms with E-state index in [0.717, 1.165) is 42.6 Å². The third-order valence-electron chi connectivity index (χ3n) is 5.11. The molecule has 0 fully saturated rings. The first kappa shape index (κ1) is 20.4. The van der Waals surface area contributed by atoms with E-state index in [1.807, 2.05) is 24.3 Å². The van der Waals surface area contributed by atoms with E-state index in [4.69, 9.17) is 9.47 Å². The number of hydrogen-bond acceptors (Lipinski definition) is 5. The van der Waals surface area contributed by atoms with E-state index >= 15 is 0 Å². The predicted octanol–water partition coefficient (Wildman–Crippen LogP) is 4.77. The average Bonchev–Trinajstić information content (AvgIpc) is 3.02. The number of methoxy groups -OCH3 is 2. The van der Waals surface area contributed by atoms with Crippen molar-refractivity contribution in [3.05, 3.63) is 45.8 Å². The summed E-state index contributed by atoms with van der Waals surface area (Å²) < 4.78 is 10.2. The second kappa shape index (κ2) is 9.73. The summed E-state index contributed by atoms with van der Waals surface area (Å²) in [6.07, 6.45) is 7.42. The zero-order chi connectivity index (χ0) is 19.9. The maximum Gasteiger partial charge on any atom is 0.341 e. The smallest absolute Gasteiger partial charge is 0.341 e. The number of nitrogens with one attached hydrogen (secondary N) is 1. The fraction of sp³-hybridized carbons (Fsp3) is 0.455. The summed E-state index contributed by atoms with van der Waals surface area (Å²) in [6, 6.07) is 7.70. The lowest BCUT2D eigenvalue weighted by Crippen LogP contribution is -2.15. The van der Waals surface area contributed by atoms with Gasteiger partial charge < -0.3 is 14.8 Å². The van der Waals surface area contributed by atoms with Gasteiger partial charge in [-0.05, 0) is 55.4 Å². The van der Waals surface area contributed by atoms with Crippen LogP contribution < -0.4 is 10.1 Å². The maximum absolute atomic E-state index is 12.5. The van der Waals surface area contributed by atoms with Gasteiger partial charge in [0.2, 0.25) is 5.91 Å². The second-order valence-corrected chi connectivity index (χ2v) is 8.12. The van der Waals surface area contributed by atoms with E-state index in [0.29, 0.717) is 23.4 Å². The summed E-state index contributed by atoms with van der Waals surface area (Å²) in [4.78, 5) is 26.2. The number of rotatable bonds is 6. The molecule has 5 nitrogen and oxygen atoms in total. The highest BCUT2D eigenvalue weighted by molar-refractivity contribution is 7.17. The molecular weight excluding hydrogens is 374 g/mol. The van der Waals surface area contributed by atoms with Gasteiger partial charge >= 0.3 is 5.97 Å². The highest BCUT2D eigenvalue weighted by Gasteiger charge is 2.25. The first-order valence-electron chi connectivity index (χ1n) is 9.78. The van der Waals surface area contributed by atoms with Crippen molar-refractivity contribution < 1.29 is 19.1 Å². The Labute approximate surface area is 170 Å². The Morgan fingerprint density at radius 3 is 2.43 bits per heavy atom. The molecule has 28 heavy (non-hydrogen) atoms. The molecule has 1 aliphatic carbocycles. The number of ether oxygens (including phenoxy) is 2. The van der Waals surface area contributed by atoms with E-state index in [1.165, 1.54) is 36.2 Å². The molecule has 1 aromatic carbocycles. The second-order valence-electron chi connectivity index (χ2n) is 7.01. The summed E-state index contributed by atoms with van der Waals surface area (Å²) in [5.74, 6) is 0.352. The van der Waals surface area contributed by atoms with E-state index in [-0.39, 0.29) is 11.9 Å². The molecule has 0 bridgehead atoms. The van der Waals surface area contributed by atoms with Crippen LogP contribution in [0.1, 0.15) is 58.5 Å². The molecule has 0 aliphatic heterocycles. The fourth-order valence-corrected chi connectivity index (χ4v) is 4.86. The van der Waals surface area contributed by atoms with Crippen molar-refractivity contribution in [2.45, 2.75) is 51.4 Å². The van der Waals surface area contributed by atoms with Crippen molar-refractivity contribution in [3.8, 4) is 5.75 Å². The summed E-state index contributed by atoms with van der Waals surface area (Å²) in [6.45, 7) is 0. The Balaban J connectivity index is 1.71. The van der Waals surface area contributed by atoms with Crippen molar-refractivity contribution in [1.82, 2.24) is 0 Å². The number of amides is 1. The molecule has 1 amide bonds. The lowest BCUT2D eigenvalue weighted by Gasteiger charge is -2.11. The fourth-order valence-electron chi connectivity index (χ4n) is 3.56. The van der Waals surface area contributed by atoms with E-state index in [2.05, 4.69) is 5.32 Å². The number of hydrogen-bond donors (Lipinski definition) is 1. The lowest BCUT2D eigenvalue weighted by atomic mass is 9.96. The third kappa shape index (κ3) is 4.93. The minimum absolute atomic E-state index is 0.0878. The third-order valence-corrected chi connectivity index (χ3v) is 6.32. The van der Waals surface area contributed by atoms with Crippen LogP contribution in [0, 0.1) is 0 Å². The summed E-state index contributed by atoms with van der Waals surface area (Å²) in [5, 5.41) is 3.61. The monoisotopic (exact) mass is 401 g/mol. The van der Waals surface area contributed by atoms with Crippen LogP contribution in [0.3, 0.4) is 0 Å². The van der Waals surface area contributed by atoms with E-state index in [1.54, 1.807) is 7.11 Å². The van der Waals surface area contributed by atoms with Crippen molar-refractivity contribution >= 4 is 28.2 Å². The van der Waals surface area contributed by atoms with Gasteiger partial charge in [0.1, 0.15) is 10.8 Å². The van der Waals surface area contributed by atoms with Crippen LogP contribution in [0.2, 0.25) is 0 Å². The molecule has 3 rings (SSSR count). The van der Waals surface area contributed by atoms with Crippen LogP contribution in [-0.2, 0) is 28.8 Å². The van der Waals surface area contributed by atoms with E-state index in [9.17, 15) is 9.59 Å². The molecule has 6 heteroatoms. The van der Waals surface area contributed by atoms with Crippen LogP contribution in [-0.4, -0.2) is 26.1 Å². The molecule has 0 spiro atoms. The number of thiophene rings is 1. The Kier molecular flexibility index (Phi) is 7.09. The van der Waals surface area contributed by atoms with Crippen molar-refractivity contribution in [1.29, 1.82) is 0 Å². The quantitative estimate of drug-likeness (QED) is 0.708. The maximum atomic E-state index is 12.5. The normalized spacial score (nSPS) is 13.8. The minimum Gasteiger partial charge on any atom is -0.497 e. The molecule has 1 aromatic heterocycles. The number of benzene rings is 1. The molecule has 0 radical (unpaired) electrons. The van der Waals surface area contributed by atoms with E-state index < -0.39 is 0 Å². The molecule has 1 heterocycles. The number of fused-ring (bicyclic) bond motifs is 1. The van der Waals surface area contributed by atoms with Crippen molar-refractivity contribution in [2.75, 3.05) is 19.5 Å². The van der Waals surface area contributed by atoms with Gasteiger partial charge in [0, 0.05) is 11.3 Å². The zero-order valence-corrected chi connectivity index (χ0v) is 17.3. The molecule has 1 N–H and O–H groups in total. The number of anilines is 1. The standard InChI is InChI=1S/C22H27NO4S/c1-26-16-12-9-15(10-13-16)11-14-19(24)23-21-20(22(25)27-2)17-7-5-3-4-6-8-18(17)28-21/h9-10,12-13H,3-8,11,14H2,1-2H3,(H,23,24). The van der Waals surface area contributed by atoms with Crippen molar-refractivity contribution in [2.24, 2.45) is 0 Å². The Morgan fingerprint density at radius 2 is 1.75 bits per heavy atom. The number of aryl methyl sites for hydroxylation is 2. The highest BCUT2D eigenvalue weighted by Crippen LogP contribution is 2.37. The van der Waals surface area contributed by atoms with Crippen LogP contribution in [0.5, 0.6) is 5.75 Å². The molecule has 1 aliphatic rings. The van der Waals surface area contributed by atoms with Gasteiger partial charge in [0.05, 0.1) is 19.8 Å². The summed E-state index contributed by atoms with van der Waals surface area (Å²) >= 11 is 1.53. The molecular formula is C22H27NO4S. The number of esters is 1. The van der Waals surface area contributed by atoms with Gasteiger partial charge in [-0.15, -0.1) is 11.3 Å². The van der Waals surface area contributed by atoms with Gasteiger partial charge in [-0.1, -0.05) is 25.0 Å². The first-order valence-corrected chi connectivity index (χ1v) is 10.6. The predicted molar refractivity (Wildman–Crippen MR) is 111 cm³/mol. The highest BCUT2D eigenvalue weighted by atomic mass is 32.1. The minimum atomic E-state index is -0.358. The van der Waals surface area contributed by atoms with Crippen LogP contribution in [0.15, 0.2) is 24.3 Å². The van der Waals surface area contributed by atoms with Crippen LogP contribution >= 0.6 is 11.3 Å². The van der Waals surface area contributed by atoms with Crippen LogP contribution in [0.4, 0.5) is 5.00 Å². The van der Waals surface area contributed by atoms with Gasteiger partial charge in [-0.3, -0.25) is 4.79 Å². The average molecular weight is 402 g/mol. The van der Waals surface area contributed by atoms with Gasteiger partial charge in [0.25, 0.3) is 0 Å². The molecule has 2 aromatic rings. The largest absolute Gasteiger partial charge is 0.497 e. The Hall–Kier alpha value is -2.34. The van der Waals surface area contributed by atoms with Crippen LogP contribution in [0.25, 0.3) is 0 Å². The molecule has 0 unspecified atom stereocenters. The van der Waals surface area contributed by atoms with Gasteiger partial charge in [0.15, 0.2) is 0 Å². The topological polar surface area (TPSA) is 64.6 Å². The number of carbonyl (C=O) groups excluding carboxylic acids is 2. The summed E-state index contributed by atoms with van der Waals surface area (Å²) in [5.41, 5.74) is 2.70. The molecule has 0 saturated heterocycles. The molecule has 0 saturated carbocycles. The zero-order valence-electron chi connectivity index (χ0n) is 16.5. The van der Waals surface area contributed by atoms with Gasteiger partial charge in [-0.2, -0.15) is 0 Å². The first-order chi connectivity index (χ1) is 13.6. The summed E-state index contributed by atoms with van der Waals surface area (Å²) in [7, 11) is 3.02. The molecule has 0 atom stereocenters. The molecule has 150 valence electrons.